The van der Waals surface area contributed by atoms with Crippen LogP contribution in [0.15, 0.2) is 18.3 Å². The lowest BCUT2D eigenvalue weighted by atomic mass is 10.3. The molecule has 1 heterocycles. The highest BCUT2D eigenvalue weighted by molar-refractivity contribution is 5.17. The van der Waals surface area contributed by atoms with E-state index in [-0.39, 0.29) is 5.75 Å². The van der Waals surface area contributed by atoms with Gasteiger partial charge in [0.05, 0.1) is 11.9 Å². The molecule has 66 valence electrons. The van der Waals surface area contributed by atoms with Gasteiger partial charge in [-0.25, -0.2) is 0 Å². The lowest BCUT2D eigenvalue weighted by molar-refractivity contribution is 0.471. The van der Waals surface area contributed by atoms with E-state index in [0.29, 0.717) is 6.04 Å². The van der Waals surface area contributed by atoms with E-state index < -0.39 is 0 Å². The molecule has 2 N–H and O–H groups in total. The van der Waals surface area contributed by atoms with Crippen molar-refractivity contribution in [3.63, 3.8) is 0 Å². The zero-order chi connectivity index (χ0) is 8.97. The maximum Gasteiger partial charge on any atom is 0.133 e. The number of nitrogens with zero attached hydrogens (tertiary/aromatic N) is 1. The Balaban J connectivity index is 2.48. The van der Waals surface area contributed by atoms with Crippen molar-refractivity contribution in [2.75, 3.05) is 0 Å². The summed E-state index contributed by atoms with van der Waals surface area (Å²) in [5.74, 6) is 0.211. The average molecular weight is 166 g/mol. The first-order valence-corrected chi connectivity index (χ1v) is 4.06. The zero-order valence-electron chi connectivity index (χ0n) is 7.41. The van der Waals surface area contributed by atoms with Crippen molar-refractivity contribution in [2.45, 2.75) is 26.4 Å². The molecule has 0 aliphatic carbocycles. The Bertz CT molecular complexity index is 231. The van der Waals surface area contributed by atoms with Gasteiger partial charge < -0.3 is 10.4 Å². The van der Waals surface area contributed by atoms with Crippen LogP contribution in [0.2, 0.25) is 0 Å². The summed E-state index contributed by atoms with van der Waals surface area (Å²) in [5, 5.41) is 12.2. The number of aromatic hydroxyl groups is 1. The van der Waals surface area contributed by atoms with E-state index in [1.54, 1.807) is 6.07 Å². The normalized spacial score (nSPS) is 10.6. The van der Waals surface area contributed by atoms with Crippen LogP contribution in [0.5, 0.6) is 5.75 Å². The minimum Gasteiger partial charge on any atom is -0.506 e. The largest absolute Gasteiger partial charge is 0.506 e. The van der Waals surface area contributed by atoms with Crippen molar-refractivity contribution >= 4 is 0 Å². The highest BCUT2D eigenvalue weighted by Crippen LogP contribution is 2.05. The number of hydrogen-bond acceptors (Lipinski definition) is 3. The van der Waals surface area contributed by atoms with Crippen LogP contribution in [-0.4, -0.2) is 16.1 Å². The Morgan fingerprint density at radius 3 is 2.75 bits per heavy atom. The molecule has 0 aliphatic rings. The molecule has 0 unspecified atom stereocenters. The van der Waals surface area contributed by atoms with Gasteiger partial charge in [-0.3, -0.25) is 4.98 Å². The molecule has 0 aliphatic heterocycles. The first-order valence-electron chi connectivity index (χ1n) is 4.06. The number of aromatic nitrogens is 1. The molecule has 1 rings (SSSR count). The monoisotopic (exact) mass is 166 g/mol. The predicted octanol–water partition coefficient (Wildman–Crippen LogP) is 1.29. The predicted molar refractivity (Wildman–Crippen MR) is 47.9 cm³/mol. The van der Waals surface area contributed by atoms with E-state index >= 15 is 0 Å². The van der Waals surface area contributed by atoms with Crippen LogP contribution in [0.4, 0.5) is 0 Å². The fourth-order valence-electron chi connectivity index (χ4n) is 0.830. The fourth-order valence-corrected chi connectivity index (χ4v) is 0.830. The van der Waals surface area contributed by atoms with Gasteiger partial charge in [0.2, 0.25) is 0 Å². The van der Waals surface area contributed by atoms with Crippen LogP contribution in [0.1, 0.15) is 19.5 Å². The second-order valence-electron chi connectivity index (χ2n) is 3.04. The van der Waals surface area contributed by atoms with Crippen LogP contribution in [0, 0.1) is 0 Å². The van der Waals surface area contributed by atoms with Crippen LogP contribution in [-0.2, 0) is 6.54 Å². The molecule has 12 heavy (non-hydrogen) atoms. The molecule has 0 atom stereocenters. The zero-order valence-corrected chi connectivity index (χ0v) is 7.41. The summed E-state index contributed by atoms with van der Waals surface area (Å²) in [6.07, 6.45) is 1.46. The molecule has 0 fully saturated rings. The van der Waals surface area contributed by atoms with Gasteiger partial charge >= 0.3 is 0 Å². The Labute approximate surface area is 72.5 Å². The molecule has 0 aromatic carbocycles. The minimum atomic E-state index is 0.211. The van der Waals surface area contributed by atoms with E-state index in [9.17, 15) is 0 Å². The van der Waals surface area contributed by atoms with Gasteiger partial charge in [0, 0.05) is 12.6 Å². The van der Waals surface area contributed by atoms with Crippen molar-refractivity contribution in [2.24, 2.45) is 0 Å². The molecule has 0 spiro atoms. The Kier molecular flexibility index (Phi) is 3.05. The SMILES string of the molecule is CC(C)NCc1ccc(O)cn1. The van der Waals surface area contributed by atoms with E-state index in [1.165, 1.54) is 6.20 Å². The number of pyridine rings is 1. The molecule has 0 radical (unpaired) electrons. The number of hydrogen-bond donors (Lipinski definition) is 2. The second-order valence-corrected chi connectivity index (χ2v) is 3.04. The molecule has 0 amide bonds. The highest BCUT2D eigenvalue weighted by atomic mass is 16.3. The van der Waals surface area contributed by atoms with Crippen molar-refractivity contribution in [1.82, 2.24) is 10.3 Å². The smallest absolute Gasteiger partial charge is 0.133 e. The summed E-state index contributed by atoms with van der Waals surface area (Å²) >= 11 is 0. The van der Waals surface area contributed by atoms with Crippen molar-refractivity contribution in [1.29, 1.82) is 0 Å². The topological polar surface area (TPSA) is 45.1 Å². The number of nitrogens with one attached hydrogen (secondary N) is 1. The lowest BCUT2D eigenvalue weighted by Gasteiger charge is -2.06. The minimum absolute atomic E-state index is 0.211. The van der Waals surface area contributed by atoms with Gasteiger partial charge in [-0.15, -0.1) is 0 Å². The molecule has 1 aromatic rings. The molecule has 3 nitrogen and oxygen atoms in total. The molecule has 0 bridgehead atoms. The summed E-state index contributed by atoms with van der Waals surface area (Å²) in [6, 6.07) is 3.91. The summed E-state index contributed by atoms with van der Waals surface area (Å²) in [4.78, 5) is 4.04. The van der Waals surface area contributed by atoms with Crippen molar-refractivity contribution < 1.29 is 5.11 Å². The van der Waals surface area contributed by atoms with Gasteiger partial charge in [0.1, 0.15) is 5.75 Å². The summed E-state index contributed by atoms with van der Waals surface area (Å²) in [5.41, 5.74) is 0.946. The lowest BCUT2D eigenvalue weighted by Crippen LogP contribution is -2.22. The quantitative estimate of drug-likeness (QED) is 0.711. The summed E-state index contributed by atoms with van der Waals surface area (Å²) < 4.78 is 0. The molecule has 0 saturated carbocycles. The third kappa shape index (κ3) is 2.88. The molecule has 0 saturated heterocycles. The van der Waals surface area contributed by atoms with Crippen LogP contribution >= 0.6 is 0 Å². The van der Waals surface area contributed by atoms with Gasteiger partial charge in [-0.2, -0.15) is 0 Å². The first kappa shape index (κ1) is 9.00. The molecule has 1 aromatic heterocycles. The number of rotatable bonds is 3. The Morgan fingerprint density at radius 1 is 1.50 bits per heavy atom. The van der Waals surface area contributed by atoms with Crippen LogP contribution in [0.3, 0.4) is 0 Å². The third-order valence-electron chi connectivity index (χ3n) is 1.50. The van der Waals surface area contributed by atoms with E-state index in [1.807, 2.05) is 6.07 Å². The summed E-state index contributed by atoms with van der Waals surface area (Å²) in [6.45, 7) is 4.92. The molecule has 3 heteroatoms. The first-order chi connectivity index (χ1) is 5.68. The highest BCUT2D eigenvalue weighted by Gasteiger charge is 1.95. The van der Waals surface area contributed by atoms with Crippen LogP contribution in [0.25, 0.3) is 0 Å². The van der Waals surface area contributed by atoms with E-state index in [2.05, 4.69) is 24.1 Å². The Morgan fingerprint density at radius 2 is 2.25 bits per heavy atom. The molecular weight excluding hydrogens is 152 g/mol. The molecular formula is C9H14N2O. The van der Waals surface area contributed by atoms with Crippen molar-refractivity contribution in [3.8, 4) is 5.75 Å². The van der Waals surface area contributed by atoms with E-state index in [0.717, 1.165) is 12.2 Å². The summed E-state index contributed by atoms with van der Waals surface area (Å²) in [7, 11) is 0. The van der Waals surface area contributed by atoms with Gasteiger partial charge in [-0.05, 0) is 12.1 Å². The van der Waals surface area contributed by atoms with Gasteiger partial charge in [0.25, 0.3) is 0 Å². The maximum atomic E-state index is 8.95. The van der Waals surface area contributed by atoms with Gasteiger partial charge in [-0.1, -0.05) is 13.8 Å². The van der Waals surface area contributed by atoms with Crippen LogP contribution < -0.4 is 5.32 Å². The maximum absolute atomic E-state index is 8.95. The standard InChI is InChI=1S/C9H14N2O/c1-7(2)10-5-8-3-4-9(12)6-11-8/h3-4,6-7,10,12H,5H2,1-2H3. The van der Waals surface area contributed by atoms with Gasteiger partial charge in [0.15, 0.2) is 0 Å². The average Bonchev–Trinajstić information content (AvgIpc) is 2.03. The van der Waals surface area contributed by atoms with Crippen molar-refractivity contribution in [3.05, 3.63) is 24.0 Å². The third-order valence-corrected chi connectivity index (χ3v) is 1.50. The Hall–Kier alpha value is -1.09. The van der Waals surface area contributed by atoms with E-state index in [4.69, 9.17) is 5.11 Å². The second kappa shape index (κ2) is 4.07. The fraction of sp³-hybridized carbons (Fsp3) is 0.444.